The van der Waals surface area contributed by atoms with Crippen molar-refractivity contribution >= 4 is 41.1 Å². The maximum absolute atomic E-state index is 13.0. The summed E-state index contributed by atoms with van der Waals surface area (Å²) in [4.78, 5) is 49.5. The van der Waals surface area contributed by atoms with Gasteiger partial charge in [0.05, 0.1) is 10.7 Å². The van der Waals surface area contributed by atoms with E-state index in [1.165, 1.54) is 13.0 Å². The van der Waals surface area contributed by atoms with Crippen LogP contribution < -0.4 is 10.6 Å². The summed E-state index contributed by atoms with van der Waals surface area (Å²) >= 11 is 5.83. The van der Waals surface area contributed by atoms with Crippen LogP contribution in [-0.2, 0) is 19.1 Å². The van der Waals surface area contributed by atoms with E-state index < -0.39 is 47.8 Å². The highest BCUT2D eigenvalue weighted by Gasteiger charge is 2.49. The summed E-state index contributed by atoms with van der Waals surface area (Å²) in [6.07, 6.45) is -0.454. The molecule has 0 unspecified atom stereocenters. The second kappa shape index (κ2) is 8.55. The summed E-state index contributed by atoms with van der Waals surface area (Å²) in [5.74, 6) is -2.68. The van der Waals surface area contributed by atoms with Crippen LogP contribution in [0.25, 0.3) is 0 Å². The number of esters is 1. The van der Waals surface area contributed by atoms with Gasteiger partial charge in [-0.25, -0.2) is 9.18 Å². The number of ether oxygens (including phenoxy) is 1. The third kappa shape index (κ3) is 4.41. The highest BCUT2D eigenvalue weighted by molar-refractivity contribution is 6.33. The molecule has 2 rings (SSSR count). The lowest BCUT2D eigenvalue weighted by Crippen LogP contribution is -2.46. The molecule has 1 atom stereocenters. The van der Waals surface area contributed by atoms with E-state index in [1.54, 1.807) is 13.8 Å². The lowest BCUT2D eigenvalue weighted by Gasteiger charge is -2.23. The first-order chi connectivity index (χ1) is 13.1. The fourth-order valence-corrected chi connectivity index (χ4v) is 3.01. The molecular weight excluding hydrogens is 393 g/mol. The van der Waals surface area contributed by atoms with Gasteiger partial charge in [0, 0.05) is 0 Å². The van der Waals surface area contributed by atoms with Crippen LogP contribution in [0.5, 0.6) is 0 Å². The first-order valence-corrected chi connectivity index (χ1v) is 9.10. The van der Waals surface area contributed by atoms with Gasteiger partial charge >= 0.3 is 12.0 Å². The minimum Gasteiger partial charge on any atom is -0.451 e. The molecule has 0 aromatic heterocycles. The Morgan fingerprint density at radius 2 is 1.96 bits per heavy atom. The fraction of sp³-hybridized carbons (Fsp3) is 0.444. The molecule has 1 saturated heterocycles. The van der Waals surface area contributed by atoms with E-state index in [0.29, 0.717) is 12.8 Å². The Balaban J connectivity index is 1.96. The van der Waals surface area contributed by atoms with Crippen LogP contribution in [0, 0.1) is 5.82 Å². The van der Waals surface area contributed by atoms with Gasteiger partial charge in [-0.3, -0.25) is 19.3 Å². The van der Waals surface area contributed by atoms with Crippen LogP contribution in [0.4, 0.5) is 14.9 Å². The van der Waals surface area contributed by atoms with Gasteiger partial charge < -0.3 is 15.4 Å². The van der Waals surface area contributed by atoms with Crippen molar-refractivity contribution in [3.63, 3.8) is 0 Å². The van der Waals surface area contributed by atoms with Gasteiger partial charge in [-0.05, 0) is 38.0 Å². The molecule has 1 aliphatic heterocycles. The number of carbonyl (C=O) groups excluding carboxylic acids is 4. The summed E-state index contributed by atoms with van der Waals surface area (Å²) in [5.41, 5.74) is -0.875. The van der Waals surface area contributed by atoms with Crippen LogP contribution in [0.2, 0.25) is 5.02 Å². The number of carbonyl (C=O) groups is 4. The number of urea groups is 1. The summed E-state index contributed by atoms with van der Waals surface area (Å²) in [5, 5.41) is 4.99. The predicted molar refractivity (Wildman–Crippen MR) is 99.2 cm³/mol. The van der Waals surface area contributed by atoms with Gasteiger partial charge in [-0.2, -0.15) is 0 Å². The van der Waals surface area contributed by atoms with E-state index in [4.69, 9.17) is 16.3 Å². The largest absolute Gasteiger partial charge is 0.451 e. The molecule has 1 aromatic rings. The van der Waals surface area contributed by atoms with E-state index in [1.807, 2.05) is 0 Å². The topological polar surface area (TPSA) is 105 Å². The van der Waals surface area contributed by atoms with Crippen LogP contribution in [0.3, 0.4) is 0 Å². The zero-order valence-electron chi connectivity index (χ0n) is 15.7. The molecular formula is C18H21ClFN3O5. The summed E-state index contributed by atoms with van der Waals surface area (Å²) < 4.78 is 18.0. The number of hydrogen-bond donors (Lipinski definition) is 2. The van der Waals surface area contributed by atoms with Crippen molar-refractivity contribution < 1.29 is 28.3 Å². The fourth-order valence-electron chi connectivity index (χ4n) is 2.79. The SMILES string of the molecule is CCC1(CC)NC(=O)N(CC(=O)O[C@H](C)C(=O)Nc2ccc(F)cc2Cl)C1=O. The van der Waals surface area contributed by atoms with Gasteiger partial charge in [0.2, 0.25) is 0 Å². The lowest BCUT2D eigenvalue weighted by molar-refractivity contribution is -0.155. The number of nitrogens with one attached hydrogen (secondary N) is 2. The minimum atomic E-state index is -1.23. The third-order valence-electron chi connectivity index (χ3n) is 4.61. The highest BCUT2D eigenvalue weighted by Crippen LogP contribution is 2.25. The average Bonchev–Trinajstić information content (AvgIpc) is 2.88. The Bertz CT molecular complexity index is 812. The Labute approximate surface area is 166 Å². The number of benzene rings is 1. The van der Waals surface area contributed by atoms with Gasteiger partial charge in [0.1, 0.15) is 17.9 Å². The lowest BCUT2D eigenvalue weighted by atomic mass is 9.93. The number of anilines is 1. The number of imide groups is 1. The number of rotatable bonds is 7. The first-order valence-electron chi connectivity index (χ1n) is 8.73. The monoisotopic (exact) mass is 413 g/mol. The molecule has 28 heavy (non-hydrogen) atoms. The van der Waals surface area contributed by atoms with Crippen LogP contribution in [0.1, 0.15) is 33.6 Å². The van der Waals surface area contributed by atoms with Gasteiger partial charge in [-0.15, -0.1) is 0 Å². The Morgan fingerprint density at radius 1 is 1.32 bits per heavy atom. The molecule has 1 aliphatic rings. The van der Waals surface area contributed by atoms with Crippen molar-refractivity contribution in [2.24, 2.45) is 0 Å². The molecule has 1 aromatic carbocycles. The normalized spacial score (nSPS) is 16.5. The van der Waals surface area contributed by atoms with Crippen molar-refractivity contribution in [2.75, 3.05) is 11.9 Å². The number of amides is 4. The highest BCUT2D eigenvalue weighted by atomic mass is 35.5. The van der Waals surface area contributed by atoms with E-state index >= 15 is 0 Å². The van der Waals surface area contributed by atoms with E-state index in [9.17, 15) is 23.6 Å². The summed E-state index contributed by atoms with van der Waals surface area (Å²) in [6.45, 7) is 4.23. The zero-order valence-corrected chi connectivity index (χ0v) is 16.4. The van der Waals surface area contributed by atoms with Crippen LogP contribution in [0.15, 0.2) is 18.2 Å². The van der Waals surface area contributed by atoms with E-state index in [0.717, 1.165) is 17.0 Å². The van der Waals surface area contributed by atoms with E-state index in [-0.39, 0.29) is 10.7 Å². The molecule has 0 spiro atoms. The van der Waals surface area contributed by atoms with E-state index in [2.05, 4.69) is 10.6 Å². The standard InChI is InChI=1S/C18H21ClFN3O5/c1-4-18(5-2)16(26)23(17(27)22-18)9-14(24)28-10(3)15(25)21-13-7-6-11(20)8-12(13)19/h6-8,10H,4-5,9H2,1-3H3,(H,21,25)(H,22,27)/t10-/m1/s1. The quantitative estimate of drug-likeness (QED) is 0.527. The molecule has 0 aliphatic carbocycles. The molecule has 10 heteroatoms. The Morgan fingerprint density at radius 3 is 2.50 bits per heavy atom. The smallest absolute Gasteiger partial charge is 0.327 e. The Hall–Kier alpha value is -2.68. The second-order valence-corrected chi connectivity index (χ2v) is 6.76. The van der Waals surface area contributed by atoms with Crippen LogP contribution >= 0.6 is 11.6 Å². The van der Waals surface area contributed by atoms with Gasteiger partial charge in [0.15, 0.2) is 6.10 Å². The molecule has 8 nitrogen and oxygen atoms in total. The molecule has 1 fully saturated rings. The Kier molecular flexibility index (Phi) is 6.60. The summed E-state index contributed by atoms with van der Waals surface area (Å²) in [6, 6.07) is 2.73. The number of hydrogen-bond acceptors (Lipinski definition) is 5. The molecule has 0 bridgehead atoms. The first kappa shape index (κ1) is 21.6. The van der Waals surface area contributed by atoms with Crippen molar-refractivity contribution in [3.8, 4) is 0 Å². The van der Waals surface area contributed by atoms with Gasteiger partial charge in [0.25, 0.3) is 11.8 Å². The number of nitrogens with zero attached hydrogens (tertiary/aromatic N) is 1. The molecule has 0 saturated carbocycles. The van der Waals surface area contributed by atoms with Crippen LogP contribution in [-0.4, -0.2) is 46.9 Å². The maximum Gasteiger partial charge on any atom is 0.327 e. The summed E-state index contributed by atoms with van der Waals surface area (Å²) in [7, 11) is 0. The minimum absolute atomic E-state index is 0.0123. The van der Waals surface area contributed by atoms with Crippen molar-refractivity contribution in [1.29, 1.82) is 0 Å². The molecule has 152 valence electrons. The maximum atomic E-state index is 13.0. The third-order valence-corrected chi connectivity index (χ3v) is 4.92. The zero-order chi connectivity index (χ0) is 21.1. The van der Waals surface area contributed by atoms with Crippen molar-refractivity contribution in [2.45, 2.75) is 45.3 Å². The molecule has 4 amide bonds. The van der Waals surface area contributed by atoms with Crippen molar-refractivity contribution in [3.05, 3.63) is 29.0 Å². The molecule has 2 N–H and O–H groups in total. The number of halogens is 2. The van der Waals surface area contributed by atoms with Gasteiger partial charge in [-0.1, -0.05) is 25.4 Å². The molecule has 0 radical (unpaired) electrons. The molecule has 1 heterocycles. The second-order valence-electron chi connectivity index (χ2n) is 6.36. The average molecular weight is 414 g/mol. The predicted octanol–water partition coefficient (Wildman–Crippen LogP) is 2.46. The van der Waals surface area contributed by atoms with Crippen molar-refractivity contribution in [1.82, 2.24) is 10.2 Å².